The molecule has 1 aromatic rings. The number of nitrogens with two attached hydrogens (primary N) is 1. The van der Waals surface area contributed by atoms with Gasteiger partial charge in [-0.1, -0.05) is 19.4 Å². The number of hydrogen-bond donors (Lipinski definition) is 2. The van der Waals surface area contributed by atoms with E-state index < -0.39 is 0 Å². The van der Waals surface area contributed by atoms with Crippen LogP contribution in [0, 0.1) is 0 Å². The highest BCUT2D eigenvalue weighted by molar-refractivity contribution is 5.92. The van der Waals surface area contributed by atoms with Gasteiger partial charge < -0.3 is 15.8 Å². The number of aliphatic imine (C=N–C) groups is 1. The molecule has 0 aliphatic rings. The quantitative estimate of drug-likeness (QED) is 0.455. The second-order valence-electron chi connectivity index (χ2n) is 3.48. The fourth-order valence-electron chi connectivity index (χ4n) is 1.25. The van der Waals surface area contributed by atoms with Crippen molar-refractivity contribution in [3.8, 4) is 5.75 Å². The number of nitrogens with zero attached hydrogens (tertiary/aromatic N) is 1. The van der Waals surface area contributed by atoms with E-state index in [1.165, 1.54) is 0 Å². The van der Waals surface area contributed by atoms with E-state index in [0.29, 0.717) is 5.96 Å². The fourth-order valence-corrected chi connectivity index (χ4v) is 1.25. The number of methoxy groups -OCH3 is 1. The van der Waals surface area contributed by atoms with Crippen molar-refractivity contribution in [3.63, 3.8) is 0 Å². The van der Waals surface area contributed by atoms with Gasteiger partial charge in [-0.2, -0.15) is 0 Å². The summed E-state index contributed by atoms with van der Waals surface area (Å²) in [6.07, 6.45) is 2.18. The summed E-state index contributed by atoms with van der Waals surface area (Å²) in [5.74, 6) is 1.24. The maximum atomic E-state index is 5.74. The Hall–Kier alpha value is -1.71. The Labute approximate surface area is 96.5 Å². The molecule has 0 spiro atoms. The molecule has 0 unspecified atom stereocenters. The first kappa shape index (κ1) is 12.4. The van der Waals surface area contributed by atoms with E-state index in [1.54, 1.807) is 7.11 Å². The molecule has 1 rings (SSSR count). The highest BCUT2D eigenvalue weighted by Crippen LogP contribution is 2.16. The Balaban J connectivity index is 2.54. The molecular formula is C12H19N3O. The van der Waals surface area contributed by atoms with Crippen molar-refractivity contribution in [2.75, 3.05) is 19.0 Å². The molecule has 0 saturated carbocycles. The van der Waals surface area contributed by atoms with Gasteiger partial charge >= 0.3 is 0 Å². The molecule has 0 bridgehead atoms. The molecule has 4 nitrogen and oxygen atoms in total. The lowest BCUT2D eigenvalue weighted by atomic mass is 10.3. The van der Waals surface area contributed by atoms with Crippen molar-refractivity contribution in [2.24, 2.45) is 10.7 Å². The number of guanidine groups is 1. The molecule has 0 atom stereocenters. The summed E-state index contributed by atoms with van der Waals surface area (Å²) in [6, 6.07) is 7.59. The van der Waals surface area contributed by atoms with E-state index in [4.69, 9.17) is 10.5 Å². The van der Waals surface area contributed by atoms with Gasteiger partial charge in [0.25, 0.3) is 0 Å². The smallest absolute Gasteiger partial charge is 0.193 e. The lowest BCUT2D eigenvalue weighted by Gasteiger charge is -2.07. The fraction of sp³-hybridized carbons (Fsp3) is 0.417. The molecule has 88 valence electrons. The largest absolute Gasteiger partial charge is 0.497 e. The van der Waals surface area contributed by atoms with Crippen molar-refractivity contribution in [3.05, 3.63) is 24.3 Å². The van der Waals surface area contributed by atoms with Crippen LogP contribution < -0.4 is 15.8 Å². The first-order valence-electron chi connectivity index (χ1n) is 5.47. The summed E-state index contributed by atoms with van der Waals surface area (Å²) in [5.41, 5.74) is 6.62. The van der Waals surface area contributed by atoms with Crippen LogP contribution in [0.5, 0.6) is 5.75 Å². The second kappa shape index (κ2) is 6.71. The van der Waals surface area contributed by atoms with Gasteiger partial charge in [0.1, 0.15) is 5.75 Å². The van der Waals surface area contributed by atoms with E-state index >= 15 is 0 Å². The Bertz CT molecular complexity index is 350. The Kier molecular flexibility index (Phi) is 5.19. The molecule has 0 fully saturated rings. The van der Waals surface area contributed by atoms with Gasteiger partial charge in [0.2, 0.25) is 0 Å². The number of unbranched alkanes of at least 4 members (excludes halogenated alkanes) is 1. The zero-order valence-corrected chi connectivity index (χ0v) is 9.86. The molecule has 3 N–H and O–H groups in total. The van der Waals surface area contributed by atoms with Crippen LogP contribution in [-0.4, -0.2) is 19.6 Å². The van der Waals surface area contributed by atoms with Gasteiger partial charge in [-0.3, -0.25) is 4.99 Å². The van der Waals surface area contributed by atoms with Gasteiger partial charge in [0, 0.05) is 18.3 Å². The summed E-state index contributed by atoms with van der Waals surface area (Å²) >= 11 is 0. The van der Waals surface area contributed by atoms with Crippen LogP contribution in [0.4, 0.5) is 5.69 Å². The number of ether oxygens (including phenoxy) is 1. The van der Waals surface area contributed by atoms with Crippen LogP contribution in [0.3, 0.4) is 0 Å². The number of anilines is 1. The predicted octanol–water partition coefficient (Wildman–Crippen LogP) is 2.22. The topological polar surface area (TPSA) is 59.6 Å². The molecular weight excluding hydrogens is 202 g/mol. The number of benzene rings is 1. The van der Waals surface area contributed by atoms with Crippen LogP contribution in [-0.2, 0) is 0 Å². The molecule has 4 heteroatoms. The normalized spacial score (nSPS) is 11.2. The molecule has 0 aliphatic carbocycles. The second-order valence-corrected chi connectivity index (χ2v) is 3.48. The molecule has 0 saturated heterocycles. The van der Waals surface area contributed by atoms with Gasteiger partial charge in [-0.15, -0.1) is 0 Å². The summed E-state index contributed by atoms with van der Waals surface area (Å²) in [7, 11) is 1.64. The highest BCUT2D eigenvalue weighted by atomic mass is 16.5. The van der Waals surface area contributed by atoms with E-state index in [-0.39, 0.29) is 0 Å². The van der Waals surface area contributed by atoms with Gasteiger partial charge in [0.05, 0.1) is 7.11 Å². The average Bonchev–Trinajstić information content (AvgIpc) is 2.29. The van der Waals surface area contributed by atoms with Gasteiger partial charge in [0.15, 0.2) is 5.96 Å². The third-order valence-electron chi connectivity index (χ3n) is 2.14. The Morgan fingerprint density at radius 3 is 3.00 bits per heavy atom. The lowest BCUT2D eigenvalue weighted by Crippen LogP contribution is -2.22. The summed E-state index contributed by atoms with van der Waals surface area (Å²) < 4.78 is 5.11. The summed E-state index contributed by atoms with van der Waals surface area (Å²) in [6.45, 7) is 2.89. The van der Waals surface area contributed by atoms with Crippen molar-refractivity contribution in [1.82, 2.24) is 0 Å². The van der Waals surface area contributed by atoms with E-state index in [2.05, 4.69) is 17.2 Å². The van der Waals surface area contributed by atoms with Crippen molar-refractivity contribution in [1.29, 1.82) is 0 Å². The first-order chi connectivity index (χ1) is 7.76. The SMILES string of the molecule is CCCCN=C(N)Nc1cccc(OC)c1. The van der Waals surface area contributed by atoms with Crippen LogP contribution in [0.25, 0.3) is 0 Å². The minimum absolute atomic E-state index is 0.446. The van der Waals surface area contributed by atoms with Crippen LogP contribution in [0.1, 0.15) is 19.8 Å². The van der Waals surface area contributed by atoms with Crippen molar-refractivity contribution >= 4 is 11.6 Å². The molecule has 0 radical (unpaired) electrons. The molecule has 0 amide bonds. The minimum Gasteiger partial charge on any atom is -0.497 e. The standard InChI is InChI=1S/C12H19N3O/c1-3-4-8-14-12(13)15-10-6-5-7-11(9-10)16-2/h5-7,9H,3-4,8H2,1-2H3,(H3,13,14,15). The van der Waals surface area contributed by atoms with Gasteiger partial charge in [-0.05, 0) is 18.6 Å². The average molecular weight is 221 g/mol. The van der Waals surface area contributed by atoms with Crippen LogP contribution >= 0.6 is 0 Å². The monoisotopic (exact) mass is 221 g/mol. The Morgan fingerprint density at radius 1 is 1.50 bits per heavy atom. The number of rotatable bonds is 5. The first-order valence-corrected chi connectivity index (χ1v) is 5.47. The van der Waals surface area contributed by atoms with Crippen LogP contribution in [0.2, 0.25) is 0 Å². The zero-order chi connectivity index (χ0) is 11.8. The minimum atomic E-state index is 0.446. The maximum Gasteiger partial charge on any atom is 0.193 e. The molecule has 16 heavy (non-hydrogen) atoms. The van der Waals surface area contributed by atoms with Crippen LogP contribution in [0.15, 0.2) is 29.3 Å². The number of hydrogen-bond acceptors (Lipinski definition) is 2. The van der Waals surface area contributed by atoms with E-state index in [1.807, 2.05) is 24.3 Å². The molecule has 0 aliphatic heterocycles. The van der Waals surface area contributed by atoms with E-state index in [0.717, 1.165) is 30.8 Å². The highest BCUT2D eigenvalue weighted by Gasteiger charge is 1.96. The molecule has 1 aromatic carbocycles. The third kappa shape index (κ3) is 4.21. The molecule has 0 aromatic heterocycles. The Morgan fingerprint density at radius 2 is 2.31 bits per heavy atom. The third-order valence-corrected chi connectivity index (χ3v) is 2.14. The van der Waals surface area contributed by atoms with E-state index in [9.17, 15) is 0 Å². The number of nitrogens with one attached hydrogen (secondary N) is 1. The maximum absolute atomic E-state index is 5.74. The lowest BCUT2D eigenvalue weighted by molar-refractivity contribution is 0.415. The van der Waals surface area contributed by atoms with Gasteiger partial charge in [-0.25, -0.2) is 0 Å². The summed E-state index contributed by atoms with van der Waals surface area (Å²) in [4.78, 5) is 4.21. The molecule has 0 heterocycles. The summed E-state index contributed by atoms with van der Waals surface area (Å²) in [5, 5.41) is 3.02. The zero-order valence-electron chi connectivity index (χ0n) is 9.86. The van der Waals surface area contributed by atoms with Crippen molar-refractivity contribution in [2.45, 2.75) is 19.8 Å². The predicted molar refractivity (Wildman–Crippen MR) is 68.0 cm³/mol. The van der Waals surface area contributed by atoms with Crippen molar-refractivity contribution < 1.29 is 4.74 Å².